The van der Waals surface area contributed by atoms with Gasteiger partial charge in [0.1, 0.15) is 11.6 Å². The van der Waals surface area contributed by atoms with E-state index in [2.05, 4.69) is 5.16 Å². The van der Waals surface area contributed by atoms with Gasteiger partial charge in [0.25, 0.3) is 5.91 Å². The molecule has 0 unspecified atom stereocenters. The molecule has 0 spiro atoms. The molecule has 0 atom stereocenters. The quantitative estimate of drug-likeness (QED) is 0.332. The van der Waals surface area contributed by atoms with Crippen molar-refractivity contribution in [3.63, 3.8) is 0 Å². The number of nitrogens with zero attached hydrogens (tertiary/aromatic N) is 2. The minimum Gasteiger partial charge on any atom is -0.494 e. The van der Waals surface area contributed by atoms with Crippen molar-refractivity contribution >= 4 is 11.7 Å². The van der Waals surface area contributed by atoms with Gasteiger partial charge in [0.05, 0.1) is 6.61 Å². The van der Waals surface area contributed by atoms with Crippen LogP contribution in [0.15, 0.2) is 29.4 Å². The van der Waals surface area contributed by atoms with E-state index in [4.69, 9.17) is 15.7 Å². The average molecular weight is 293 g/mol. The summed E-state index contributed by atoms with van der Waals surface area (Å²) >= 11 is 0. The number of rotatable bonds is 8. The molecule has 0 saturated carbocycles. The smallest absolute Gasteiger partial charge is 0.253 e. The lowest BCUT2D eigenvalue weighted by molar-refractivity contribution is 0.0768. The molecule has 0 heterocycles. The number of hydrogen-bond donors (Lipinski definition) is 2. The van der Waals surface area contributed by atoms with Gasteiger partial charge in [-0.1, -0.05) is 18.1 Å². The molecule has 0 saturated heterocycles. The Morgan fingerprint density at radius 1 is 1.43 bits per heavy atom. The molecular weight excluding hydrogens is 270 g/mol. The number of amides is 1. The van der Waals surface area contributed by atoms with E-state index in [1.54, 1.807) is 23.1 Å². The fourth-order valence-corrected chi connectivity index (χ4v) is 1.82. The second kappa shape index (κ2) is 8.84. The van der Waals surface area contributed by atoms with Crippen LogP contribution in [0.3, 0.4) is 0 Å². The Morgan fingerprint density at radius 3 is 2.81 bits per heavy atom. The van der Waals surface area contributed by atoms with Crippen LogP contribution < -0.4 is 10.5 Å². The topological polar surface area (TPSA) is 88.2 Å². The van der Waals surface area contributed by atoms with E-state index in [1.165, 1.54) is 0 Å². The van der Waals surface area contributed by atoms with Gasteiger partial charge in [-0.15, -0.1) is 0 Å². The number of carbonyl (C=O) groups excluding carboxylic acids is 1. The minimum atomic E-state index is -0.0924. The highest BCUT2D eigenvalue weighted by molar-refractivity contribution is 5.95. The minimum absolute atomic E-state index is 0.0924. The Bertz CT molecular complexity index is 489. The third-order valence-corrected chi connectivity index (χ3v) is 2.99. The molecule has 1 amide bonds. The lowest BCUT2D eigenvalue weighted by atomic mass is 10.2. The predicted molar refractivity (Wildman–Crippen MR) is 81.8 cm³/mol. The Balaban J connectivity index is 2.75. The van der Waals surface area contributed by atoms with Crippen LogP contribution >= 0.6 is 0 Å². The molecule has 0 bridgehead atoms. The van der Waals surface area contributed by atoms with E-state index < -0.39 is 0 Å². The lowest BCUT2D eigenvalue weighted by Crippen LogP contribution is -2.33. The molecule has 6 heteroatoms. The Morgan fingerprint density at radius 2 is 2.19 bits per heavy atom. The molecule has 1 rings (SSSR count). The van der Waals surface area contributed by atoms with Crippen molar-refractivity contribution < 1.29 is 14.7 Å². The zero-order valence-electron chi connectivity index (χ0n) is 12.6. The van der Waals surface area contributed by atoms with Crippen molar-refractivity contribution in [1.29, 1.82) is 0 Å². The number of nitrogens with two attached hydrogens (primary N) is 1. The maximum absolute atomic E-state index is 12.4. The summed E-state index contributed by atoms with van der Waals surface area (Å²) in [5.41, 5.74) is 6.01. The van der Waals surface area contributed by atoms with Gasteiger partial charge >= 0.3 is 0 Å². The first-order chi connectivity index (χ1) is 10.1. The van der Waals surface area contributed by atoms with E-state index in [0.29, 0.717) is 37.4 Å². The van der Waals surface area contributed by atoms with Crippen LogP contribution in [0.2, 0.25) is 0 Å². The van der Waals surface area contributed by atoms with E-state index >= 15 is 0 Å². The first kappa shape index (κ1) is 16.8. The fourth-order valence-electron chi connectivity index (χ4n) is 1.82. The molecule has 116 valence electrons. The van der Waals surface area contributed by atoms with Gasteiger partial charge in [-0.2, -0.15) is 0 Å². The third-order valence-electron chi connectivity index (χ3n) is 2.99. The second-order valence-corrected chi connectivity index (χ2v) is 4.60. The number of ether oxygens (including phenoxy) is 1. The monoisotopic (exact) mass is 293 g/mol. The maximum Gasteiger partial charge on any atom is 0.253 e. The van der Waals surface area contributed by atoms with Crippen LogP contribution in [-0.4, -0.2) is 41.5 Å². The molecule has 0 radical (unpaired) electrons. The number of oxime groups is 1. The maximum atomic E-state index is 12.4. The number of carbonyl (C=O) groups is 1. The summed E-state index contributed by atoms with van der Waals surface area (Å²) in [6.45, 7) is 5.50. The second-order valence-electron chi connectivity index (χ2n) is 4.60. The Kier molecular flexibility index (Phi) is 7.08. The zero-order chi connectivity index (χ0) is 15.7. The van der Waals surface area contributed by atoms with Crippen molar-refractivity contribution in [1.82, 2.24) is 4.90 Å². The summed E-state index contributed by atoms with van der Waals surface area (Å²) < 4.78 is 5.53. The van der Waals surface area contributed by atoms with E-state index in [0.717, 1.165) is 6.42 Å². The average Bonchev–Trinajstić information content (AvgIpc) is 2.53. The molecule has 0 aliphatic carbocycles. The molecule has 6 nitrogen and oxygen atoms in total. The number of hydrogen-bond acceptors (Lipinski definition) is 4. The lowest BCUT2D eigenvalue weighted by Gasteiger charge is -2.21. The largest absolute Gasteiger partial charge is 0.494 e. The molecule has 1 aromatic carbocycles. The normalized spacial score (nSPS) is 11.2. The summed E-state index contributed by atoms with van der Waals surface area (Å²) in [7, 11) is 0. The van der Waals surface area contributed by atoms with Gasteiger partial charge in [0.2, 0.25) is 0 Å². The fraction of sp³-hybridized carbons (Fsp3) is 0.467. The van der Waals surface area contributed by atoms with Gasteiger partial charge in [0.15, 0.2) is 0 Å². The summed E-state index contributed by atoms with van der Waals surface area (Å²) in [4.78, 5) is 14.1. The van der Waals surface area contributed by atoms with Crippen LogP contribution in [0.1, 0.15) is 37.0 Å². The summed E-state index contributed by atoms with van der Waals surface area (Å²) in [6, 6.07) is 7.13. The van der Waals surface area contributed by atoms with Crippen LogP contribution in [-0.2, 0) is 0 Å². The van der Waals surface area contributed by atoms with Crippen molar-refractivity contribution in [2.45, 2.75) is 26.7 Å². The first-order valence-electron chi connectivity index (χ1n) is 7.10. The molecule has 1 aromatic rings. The van der Waals surface area contributed by atoms with Gasteiger partial charge < -0.3 is 20.6 Å². The molecule has 0 aliphatic heterocycles. The molecule has 0 aromatic heterocycles. The predicted octanol–water partition coefficient (Wildman–Crippen LogP) is 2.07. The van der Waals surface area contributed by atoms with Gasteiger partial charge in [-0.25, -0.2) is 0 Å². The Labute approximate surface area is 125 Å². The van der Waals surface area contributed by atoms with Crippen molar-refractivity contribution in [2.24, 2.45) is 10.9 Å². The van der Waals surface area contributed by atoms with Crippen molar-refractivity contribution in [3.8, 4) is 5.75 Å². The van der Waals surface area contributed by atoms with E-state index in [-0.39, 0.29) is 11.7 Å². The standard InChI is InChI=1S/C15H23N3O3/c1-3-10-21-13-7-5-6-12(11-13)15(19)18(4-2)9-8-14(16)17-20/h5-7,11,20H,3-4,8-10H2,1-2H3,(H2,16,17). The summed E-state index contributed by atoms with van der Waals surface area (Å²) in [5, 5.41) is 11.4. The van der Waals surface area contributed by atoms with E-state index in [9.17, 15) is 4.79 Å². The molecule has 0 fully saturated rings. The van der Waals surface area contributed by atoms with Crippen LogP contribution in [0, 0.1) is 0 Å². The SMILES string of the molecule is CCCOc1cccc(C(=O)N(CC)CCC(N)=NO)c1. The molecule has 21 heavy (non-hydrogen) atoms. The molecular formula is C15H23N3O3. The van der Waals surface area contributed by atoms with Gasteiger partial charge in [-0.05, 0) is 31.5 Å². The number of amidine groups is 1. The van der Waals surface area contributed by atoms with Gasteiger partial charge in [-0.3, -0.25) is 4.79 Å². The highest BCUT2D eigenvalue weighted by Crippen LogP contribution is 2.15. The highest BCUT2D eigenvalue weighted by atomic mass is 16.5. The third kappa shape index (κ3) is 5.33. The molecule has 0 aliphatic rings. The van der Waals surface area contributed by atoms with E-state index in [1.807, 2.05) is 19.9 Å². The van der Waals surface area contributed by atoms with Crippen molar-refractivity contribution in [2.75, 3.05) is 19.7 Å². The van der Waals surface area contributed by atoms with Crippen LogP contribution in [0.5, 0.6) is 5.75 Å². The van der Waals surface area contributed by atoms with Crippen molar-refractivity contribution in [3.05, 3.63) is 29.8 Å². The zero-order valence-corrected chi connectivity index (χ0v) is 12.6. The van der Waals surface area contributed by atoms with Gasteiger partial charge in [0, 0.05) is 25.1 Å². The number of benzene rings is 1. The summed E-state index contributed by atoms with van der Waals surface area (Å²) in [5.74, 6) is 0.710. The Hall–Kier alpha value is -2.24. The molecule has 3 N–H and O–H groups in total. The summed E-state index contributed by atoms with van der Waals surface area (Å²) in [6.07, 6.45) is 1.25. The van der Waals surface area contributed by atoms with Crippen LogP contribution in [0.25, 0.3) is 0 Å². The van der Waals surface area contributed by atoms with Crippen LogP contribution in [0.4, 0.5) is 0 Å². The highest BCUT2D eigenvalue weighted by Gasteiger charge is 2.15. The first-order valence-corrected chi connectivity index (χ1v) is 7.10.